The van der Waals surface area contributed by atoms with Gasteiger partial charge in [0.15, 0.2) is 4.98 Å². The standard InChI is InChI=1S/C25H32N2O7/c1-22-6-3-18-19(25(22,32)9-5-17(22)15-10-20(29)33-13-15)4-8-24(31)11-16(34-21(30)12-27-26)2-7-23(18,24)14-28/h10,12,14,16-19,31-32H,2-9,11,13H2,1H3/p+1. The number of aliphatic hydroxyl groups excluding tert-OH is 1. The Balaban J connectivity index is 1.43. The summed E-state index contributed by atoms with van der Waals surface area (Å²) in [6.45, 7) is 2.40. The highest BCUT2D eigenvalue weighted by Crippen LogP contribution is 2.70. The first-order valence-corrected chi connectivity index (χ1v) is 12.3. The maximum atomic E-state index is 12.7. The van der Waals surface area contributed by atoms with Crippen LogP contribution in [-0.2, 0) is 19.1 Å². The first-order chi connectivity index (χ1) is 16.1. The average molecular weight is 474 g/mol. The molecule has 0 spiro atoms. The fraction of sp³-hybridized carbons (Fsp3) is 0.760. The summed E-state index contributed by atoms with van der Waals surface area (Å²) in [5, 5.41) is 42.4. The molecule has 0 amide bonds. The van der Waals surface area contributed by atoms with Crippen LogP contribution in [0, 0.1) is 34.0 Å². The van der Waals surface area contributed by atoms with Crippen LogP contribution in [0.3, 0.4) is 0 Å². The summed E-state index contributed by atoms with van der Waals surface area (Å²) >= 11 is 0. The number of aliphatic hydroxyl groups is 3. The largest absolute Gasteiger partial charge is 0.476 e. The van der Waals surface area contributed by atoms with E-state index in [1.807, 2.05) is 0 Å². The van der Waals surface area contributed by atoms with Crippen molar-refractivity contribution in [1.82, 2.24) is 0 Å². The van der Waals surface area contributed by atoms with Crippen molar-refractivity contribution in [2.24, 2.45) is 28.6 Å². The second kappa shape index (κ2) is 7.79. The lowest BCUT2D eigenvalue weighted by atomic mass is 9.41. The number of cyclic esters (lactones) is 1. The van der Waals surface area contributed by atoms with E-state index in [2.05, 4.69) is 11.9 Å². The number of diazo groups is 1. The van der Waals surface area contributed by atoms with Crippen molar-refractivity contribution in [3.63, 3.8) is 0 Å². The van der Waals surface area contributed by atoms with E-state index in [4.69, 9.17) is 14.9 Å². The molecule has 9 heteroatoms. The van der Waals surface area contributed by atoms with Crippen LogP contribution >= 0.6 is 0 Å². The van der Waals surface area contributed by atoms with Crippen molar-refractivity contribution in [1.29, 1.82) is 5.39 Å². The number of carbonyl (C=O) groups excluding carboxylic acids is 2. The van der Waals surface area contributed by atoms with Crippen LogP contribution in [0.1, 0.15) is 64.7 Å². The van der Waals surface area contributed by atoms with Crippen LogP contribution in [0.15, 0.2) is 23.8 Å². The van der Waals surface area contributed by atoms with Crippen molar-refractivity contribution >= 4 is 12.3 Å². The van der Waals surface area contributed by atoms with Gasteiger partial charge in [0.1, 0.15) is 19.0 Å². The molecule has 34 heavy (non-hydrogen) atoms. The molecule has 0 aromatic carbocycles. The Morgan fingerprint density at radius 1 is 1.18 bits per heavy atom. The quantitative estimate of drug-likeness (QED) is 0.245. The van der Waals surface area contributed by atoms with E-state index in [1.54, 1.807) is 6.08 Å². The first kappa shape index (κ1) is 23.3. The van der Waals surface area contributed by atoms with Gasteiger partial charge in [0, 0.05) is 17.9 Å². The lowest BCUT2D eigenvalue weighted by molar-refractivity contribution is -0.250. The van der Waals surface area contributed by atoms with Gasteiger partial charge in [-0.25, -0.2) is 4.79 Å². The van der Waals surface area contributed by atoms with Gasteiger partial charge in [-0.3, -0.25) is 0 Å². The number of rotatable bonds is 4. The molecule has 4 fully saturated rings. The zero-order valence-corrected chi connectivity index (χ0v) is 19.5. The highest BCUT2D eigenvalue weighted by Gasteiger charge is 2.71. The van der Waals surface area contributed by atoms with Gasteiger partial charge in [0.25, 0.3) is 0 Å². The van der Waals surface area contributed by atoms with E-state index in [-0.39, 0.29) is 36.8 Å². The van der Waals surface area contributed by atoms with Gasteiger partial charge in [0.05, 0.1) is 16.6 Å². The zero-order valence-electron chi connectivity index (χ0n) is 19.5. The summed E-state index contributed by atoms with van der Waals surface area (Å²) in [5.41, 5.74) is -2.73. The lowest BCUT2D eigenvalue weighted by Gasteiger charge is -2.65. The van der Waals surface area contributed by atoms with E-state index < -0.39 is 34.1 Å². The van der Waals surface area contributed by atoms with E-state index >= 15 is 0 Å². The predicted molar refractivity (Wildman–Crippen MR) is 118 cm³/mol. The molecule has 184 valence electrons. The number of hydrogen-bond acceptors (Lipinski definition) is 8. The monoisotopic (exact) mass is 473 g/mol. The Bertz CT molecular complexity index is 1000. The highest BCUT2D eigenvalue weighted by molar-refractivity contribution is 5.85. The minimum Gasteiger partial charge on any atom is -0.476 e. The van der Waals surface area contributed by atoms with Gasteiger partial charge in [-0.05, 0) is 74.7 Å². The smallest absolute Gasteiger partial charge is 0.429 e. The third-order valence-corrected chi connectivity index (χ3v) is 10.3. The van der Waals surface area contributed by atoms with Crippen LogP contribution in [0.25, 0.3) is 4.98 Å². The molecule has 4 aliphatic carbocycles. The van der Waals surface area contributed by atoms with Crippen LogP contribution < -0.4 is 0 Å². The van der Waals surface area contributed by atoms with Crippen molar-refractivity contribution < 1.29 is 34.4 Å². The van der Waals surface area contributed by atoms with Gasteiger partial charge in [-0.2, -0.15) is 0 Å². The van der Waals surface area contributed by atoms with Crippen molar-refractivity contribution in [3.05, 3.63) is 28.8 Å². The summed E-state index contributed by atoms with van der Waals surface area (Å²) < 4.78 is 10.6. The van der Waals surface area contributed by atoms with E-state index in [0.717, 1.165) is 24.5 Å². The number of hydrogen-bond donors (Lipinski definition) is 3. The summed E-state index contributed by atoms with van der Waals surface area (Å²) in [5.74, 6) is -1.08. The van der Waals surface area contributed by atoms with Crippen LogP contribution in [-0.4, -0.2) is 51.5 Å². The fourth-order valence-corrected chi connectivity index (χ4v) is 8.67. The highest BCUT2D eigenvalue weighted by atomic mass is 16.6. The molecule has 3 N–H and O–H groups in total. The molecule has 1 heterocycles. The first-order valence-electron chi connectivity index (χ1n) is 12.3. The van der Waals surface area contributed by atoms with Gasteiger partial charge in [-0.15, -0.1) is 0 Å². The third-order valence-electron chi connectivity index (χ3n) is 10.3. The predicted octanol–water partition coefficient (Wildman–Crippen LogP) is 3.13. The van der Waals surface area contributed by atoms with Gasteiger partial charge in [-0.1, -0.05) is 6.92 Å². The SMILES string of the molecule is CC12CCC3C(CCC4(O)CC(OC(O)=C[N+]#N)CCC34C=O)C1(O)CCC2C1=CC(=O)OC1. The maximum absolute atomic E-state index is 12.7. The van der Waals surface area contributed by atoms with Gasteiger partial charge >= 0.3 is 18.1 Å². The van der Waals surface area contributed by atoms with E-state index in [1.165, 1.54) is 0 Å². The number of fused-ring (bicyclic) bond motifs is 5. The number of aldehydes is 1. The summed E-state index contributed by atoms with van der Waals surface area (Å²) in [6, 6.07) is 0. The Morgan fingerprint density at radius 2 is 1.94 bits per heavy atom. The second-order valence-electron chi connectivity index (χ2n) is 11.3. The lowest BCUT2D eigenvalue weighted by Crippen LogP contribution is -2.68. The zero-order chi connectivity index (χ0) is 24.4. The molecule has 8 unspecified atom stereocenters. The molecule has 0 radical (unpaired) electrons. The molecular weight excluding hydrogens is 440 g/mol. The minimum absolute atomic E-state index is 0.0636. The Labute approximate surface area is 198 Å². The van der Waals surface area contributed by atoms with Crippen LogP contribution in [0.2, 0.25) is 0 Å². The number of esters is 1. The second-order valence-corrected chi connectivity index (χ2v) is 11.3. The molecule has 5 aliphatic rings. The average Bonchev–Trinajstić information content (AvgIpc) is 3.33. The van der Waals surface area contributed by atoms with Crippen molar-refractivity contribution in [2.75, 3.05) is 6.61 Å². The Hall–Kier alpha value is -2.44. The number of nitrogens with zero attached hydrogens (tertiary/aromatic N) is 2. The number of carbonyl (C=O) groups is 2. The molecule has 1 aliphatic heterocycles. The van der Waals surface area contributed by atoms with E-state index in [9.17, 15) is 24.9 Å². The Kier molecular flexibility index (Phi) is 5.34. The van der Waals surface area contributed by atoms with Crippen molar-refractivity contribution in [2.45, 2.75) is 82.0 Å². The van der Waals surface area contributed by atoms with Gasteiger partial charge < -0.3 is 29.6 Å². The van der Waals surface area contributed by atoms with Gasteiger partial charge in [0.2, 0.25) is 5.39 Å². The third kappa shape index (κ3) is 3.01. The fourth-order valence-electron chi connectivity index (χ4n) is 8.67. The summed E-state index contributed by atoms with van der Waals surface area (Å²) in [6.07, 6.45) is 7.54. The maximum Gasteiger partial charge on any atom is 0.429 e. The van der Waals surface area contributed by atoms with Crippen LogP contribution in [0.5, 0.6) is 0 Å². The molecule has 9 nitrogen and oxygen atoms in total. The molecular formula is C25H33N2O7+. The molecule has 8 atom stereocenters. The summed E-state index contributed by atoms with van der Waals surface area (Å²) in [7, 11) is 0. The molecule has 0 aromatic heterocycles. The molecule has 4 saturated carbocycles. The normalized spacial score (nSPS) is 48.0. The molecule has 0 saturated heterocycles. The molecule has 5 rings (SSSR count). The topological polar surface area (TPSA) is 141 Å². The molecule has 0 bridgehead atoms. The number of ether oxygens (including phenoxy) is 2. The Morgan fingerprint density at radius 3 is 2.62 bits per heavy atom. The minimum atomic E-state index is -1.30. The molecule has 0 aromatic rings. The summed E-state index contributed by atoms with van der Waals surface area (Å²) in [4.78, 5) is 27.2. The van der Waals surface area contributed by atoms with Crippen LogP contribution in [0.4, 0.5) is 0 Å². The van der Waals surface area contributed by atoms with Crippen molar-refractivity contribution in [3.8, 4) is 0 Å². The van der Waals surface area contributed by atoms with E-state index in [0.29, 0.717) is 44.9 Å².